The first kappa shape index (κ1) is 13.8. The van der Waals surface area contributed by atoms with Crippen molar-refractivity contribution in [2.45, 2.75) is 0 Å². The average Bonchev–Trinajstić information content (AvgIpc) is 2.37. The van der Waals surface area contributed by atoms with E-state index in [1.807, 2.05) is 0 Å². The van der Waals surface area contributed by atoms with E-state index in [0.29, 0.717) is 11.4 Å². The normalized spacial score (nSPS) is 9.72. The number of benzene rings is 1. The van der Waals surface area contributed by atoms with Crippen molar-refractivity contribution in [1.82, 2.24) is 5.32 Å². The number of carbonyl (C=O) groups is 1. The van der Waals surface area contributed by atoms with Crippen molar-refractivity contribution in [3.63, 3.8) is 0 Å². The van der Waals surface area contributed by atoms with Crippen LogP contribution in [0.25, 0.3) is 0 Å². The fourth-order valence-electron chi connectivity index (χ4n) is 1.45. The summed E-state index contributed by atoms with van der Waals surface area (Å²) >= 11 is 0. The number of carbonyl (C=O) groups excluding carboxylic acids is 1. The van der Waals surface area contributed by atoms with Gasteiger partial charge in [-0.1, -0.05) is 0 Å². The van der Waals surface area contributed by atoms with Gasteiger partial charge in [0.25, 0.3) is 5.69 Å². The molecule has 0 saturated carbocycles. The quantitative estimate of drug-likeness (QED) is 0.598. The molecule has 0 radical (unpaired) electrons. The number of hydrogen-bond acceptors (Lipinski definition) is 5. The molecule has 0 aliphatic rings. The molecular formula is C11H16N4O3. The van der Waals surface area contributed by atoms with Crippen LogP contribution in [0.15, 0.2) is 18.2 Å². The van der Waals surface area contributed by atoms with Crippen LogP contribution in [-0.2, 0) is 4.79 Å². The number of hydrogen-bond donors (Lipinski definition) is 2. The molecule has 1 rings (SSSR count). The Morgan fingerprint density at radius 1 is 1.39 bits per heavy atom. The maximum atomic E-state index is 11.3. The van der Waals surface area contributed by atoms with Crippen LogP contribution in [0, 0.1) is 10.1 Å². The van der Waals surface area contributed by atoms with Crippen LogP contribution in [0.5, 0.6) is 0 Å². The predicted molar refractivity (Wildman–Crippen MR) is 70.0 cm³/mol. The SMILES string of the molecule is CNC(=O)CN(C)c1cc(NC)cc([N+](=O)[O-])c1. The lowest BCUT2D eigenvalue weighted by Crippen LogP contribution is -2.32. The average molecular weight is 252 g/mol. The number of rotatable bonds is 5. The number of nitrogens with one attached hydrogen (secondary N) is 2. The molecule has 98 valence electrons. The smallest absolute Gasteiger partial charge is 0.273 e. The van der Waals surface area contributed by atoms with Crippen molar-refractivity contribution in [2.24, 2.45) is 0 Å². The van der Waals surface area contributed by atoms with E-state index in [1.165, 1.54) is 12.1 Å². The Morgan fingerprint density at radius 3 is 2.56 bits per heavy atom. The van der Waals surface area contributed by atoms with Crippen LogP contribution >= 0.6 is 0 Å². The molecule has 0 unspecified atom stereocenters. The molecule has 7 nitrogen and oxygen atoms in total. The van der Waals surface area contributed by atoms with Gasteiger partial charge in [-0.05, 0) is 6.07 Å². The zero-order valence-corrected chi connectivity index (χ0v) is 10.6. The number of likely N-dealkylation sites (N-methyl/N-ethyl adjacent to an activating group) is 2. The van der Waals surface area contributed by atoms with Gasteiger partial charge in [-0.3, -0.25) is 14.9 Å². The van der Waals surface area contributed by atoms with Gasteiger partial charge in [0.05, 0.1) is 11.5 Å². The molecule has 1 aromatic rings. The second-order valence-electron chi connectivity index (χ2n) is 3.77. The first-order chi connectivity index (χ1) is 8.47. The second kappa shape index (κ2) is 5.85. The van der Waals surface area contributed by atoms with Gasteiger partial charge in [0.1, 0.15) is 0 Å². The summed E-state index contributed by atoms with van der Waals surface area (Å²) in [7, 11) is 4.93. The standard InChI is InChI=1S/C11H16N4O3/c1-12-8-4-9(6-10(5-8)15(17)18)14(3)7-11(16)13-2/h4-6,12H,7H2,1-3H3,(H,13,16). The molecule has 0 fully saturated rings. The third-order valence-corrected chi connectivity index (χ3v) is 2.50. The summed E-state index contributed by atoms with van der Waals surface area (Å²) in [5, 5.41) is 16.2. The monoisotopic (exact) mass is 252 g/mol. The van der Waals surface area contributed by atoms with Gasteiger partial charge in [0.15, 0.2) is 0 Å². The third kappa shape index (κ3) is 3.34. The number of anilines is 2. The molecule has 2 N–H and O–H groups in total. The minimum absolute atomic E-state index is 0.0133. The highest BCUT2D eigenvalue weighted by Crippen LogP contribution is 2.26. The van der Waals surface area contributed by atoms with Crippen LogP contribution in [-0.4, -0.2) is 38.5 Å². The molecule has 0 aromatic heterocycles. The van der Waals surface area contributed by atoms with Gasteiger partial charge in [-0.25, -0.2) is 0 Å². The fraction of sp³-hybridized carbons (Fsp3) is 0.364. The van der Waals surface area contributed by atoms with Gasteiger partial charge >= 0.3 is 0 Å². The molecule has 1 aromatic carbocycles. The summed E-state index contributed by atoms with van der Waals surface area (Å²) in [6.07, 6.45) is 0. The van der Waals surface area contributed by atoms with Crippen molar-refractivity contribution in [1.29, 1.82) is 0 Å². The summed E-state index contributed by atoms with van der Waals surface area (Å²) in [5.74, 6) is -0.157. The van der Waals surface area contributed by atoms with Crippen LogP contribution in [0.2, 0.25) is 0 Å². The number of nitro benzene ring substituents is 1. The molecular weight excluding hydrogens is 236 g/mol. The van der Waals surface area contributed by atoms with Crippen LogP contribution in [0.3, 0.4) is 0 Å². The first-order valence-electron chi connectivity index (χ1n) is 5.37. The Morgan fingerprint density at radius 2 is 2.06 bits per heavy atom. The van der Waals surface area contributed by atoms with E-state index in [-0.39, 0.29) is 18.1 Å². The summed E-state index contributed by atoms with van der Waals surface area (Å²) < 4.78 is 0. The second-order valence-corrected chi connectivity index (χ2v) is 3.77. The Balaban J connectivity index is 3.03. The lowest BCUT2D eigenvalue weighted by Gasteiger charge is -2.18. The van der Waals surface area contributed by atoms with E-state index < -0.39 is 4.92 Å². The van der Waals surface area contributed by atoms with E-state index in [0.717, 1.165) is 0 Å². The molecule has 7 heteroatoms. The molecule has 1 amide bonds. The maximum absolute atomic E-state index is 11.3. The zero-order valence-electron chi connectivity index (χ0n) is 10.6. The summed E-state index contributed by atoms with van der Waals surface area (Å²) in [4.78, 5) is 23.3. The highest BCUT2D eigenvalue weighted by atomic mass is 16.6. The molecule has 0 saturated heterocycles. The van der Waals surface area contributed by atoms with Crippen molar-refractivity contribution in [2.75, 3.05) is 37.9 Å². The first-order valence-corrected chi connectivity index (χ1v) is 5.37. The Labute approximate surface area is 105 Å². The Bertz CT molecular complexity index is 462. The van der Waals surface area contributed by atoms with E-state index in [1.54, 1.807) is 32.1 Å². The van der Waals surface area contributed by atoms with Gasteiger partial charge in [0.2, 0.25) is 5.91 Å². The van der Waals surface area contributed by atoms with Crippen molar-refractivity contribution in [3.8, 4) is 0 Å². The summed E-state index contributed by atoms with van der Waals surface area (Å²) in [6.45, 7) is 0.140. The number of nitro groups is 1. The van der Waals surface area contributed by atoms with Gasteiger partial charge in [-0.15, -0.1) is 0 Å². The maximum Gasteiger partial charge on any atom is 0.273 e. The van der Waals surface area contributed by atoms with Gasteiger partial charge in [-0.2, -0.15) is 0 Å². The molecule has 0 aliphatic heterocycles. The largest absolute Gasteiger partial charge is 0.388 e. The lowest BCUT2D eigenvalue weighted by molar-refractivity contribution is -0.384. The van der Waals surface area contributed by atoms with Crippen LogP contribution in [0.4, 0.5) is 17.1 Å². The minimum Gasteiger partial charge on any atom is -0.388 e. The zero-order chi connectivity index (χ0) is 13.7. The van der Waals surface area contributed by atoms with Crippen LogP contribution in [0.1, 0.15) is 0 Å². The van der Waals surface area contributed by atoms with Gasteiger partial charge < -0.3 is 15.5 Å². The van der Waals surface area contributed by atoms with E-state index in [4.69, 9.17) is 0 Å². The predicted octanol–water partition coefficient (Wildman–Crippen LogP) is 0.819. The van der Waals surface area contributed by atoms with E-state index in [9.17, 15) is 14.9 Å². The van der Waals surface area contributed by atoms with Crippen molar-refractivity contribution in [3.05, 3.63) is 28.3 Å². The Hall–Kier alpha value is -2.31. The summed E-state index contributed by atoms with van der Waals surface area (Å²) in [6, 6.07) is 4.62. The molecule has 0 bridgehead atoms. The van der Waals surface area contributed by atoms with E-state index >= 15 is 0 Å². The number of amides is 1. The molecule has 0 spiro atoms. The van der Waals surface area contributed by atoms with Gasteiger partial charge in [0, 0.05) is 44.7 Å². The van der Waals surface area contributed by atoms with E-state index in [2.05, 4.69) is 10.6 Å². The highest BCUT2D eigenvalue weighted by molar-refractivity contribution is 5.81. The third-order valence-electron chi connectivity index (χ3n) is 2.50. The molecule has 18 heavy (non-hydrogen) atoms. The fourth-order valence-corrected chi connectivity index (χ4v) is 1.45. The molecule has 0 heterocycles. The Kier molecular flexibility index (Phi) is 4.47. The number of nitrogens with zero attached hydrogens (tertiary/aromatic N) is 2. The topological polar surface area (TPSA) is 87.5 Å². The van der Waals surface area contributed by atoms with Crippen molar-refractivity contribution < 1.29 is 9.72 Å². The highest BCUT2D eigenvalue weighted by Gasteiger charge is 2.13. The number of non-ortho nitro benzene ring substituents is 1. The minimum atomic E-state index is -0.460. The van der Waals surface area contributed by atoms with Crippen LogP contribution < -0.4 is 15.5 Å². The lowest BCUT2D eigenvalue weighted by atomic mass is 10.2. The summed E-state index contributed by atoms with van der Waals surface area (Å²) in [5.41, 5.74) is 1.22. The van der Waals surface area contributed by atoms with Crippen molar-refractivity contribution >= 4 is 23.0 Å². The molecule has 0 atom stereocenters. The molecule has 0 aliphatic carbocycles.